The molecule has 0 bridgehead atoms. The molecule has 1 saturated carbocycles. The van der Waals surface area contributed by atoms with Gasteiger partial charge in [-0.05, 0) is 36.9 Å². The number of rotatable bonds is 4. The molecule has 1 aliphatic carbocycles. The summed E-state index contributed by atoms with van der Waals surface area (Å²) in [6.07, 6.45) is 8.09. The number of aromatic nitrogens is 4. The van der Waals surface area contributed by atoms with Gasteiger partial charge in [0.05, 0.1) is 0 Å². The number of piperazine rings is 1. The van der Waals surface area contributed by atoms with E-state index in [1.165, 1.54) is 19.3 Å². The molecule has 3 heterocycles. The summed E-state index contributed by atoms with van der Waals surface area (Å²) in [5, 5.41) is 12.4. The highest BCUT2D eigenvalue weighted by molar-refractivity contribution is 5.85. The number of amides is 1. The Bertz CT molecular complexity index is 770. The van der Waals surface area contributed by atoms with Crippen LogP contribution in [0.5, 0.6) is 0 Å². The quantitative estimate of drug-likeness (QED) is 0.797. The fourth-order valence-corrected chi connectivity index (χ4v) is 4.26. The fraction of sp³-hybridized carbons (Fsp3) is 0.667. The predicted molar refractivity (Wildman–Crippen MR) is 113 cm³/mol. The molecular weight excluding hydrogens is 401 g/mol. The third-order valence-corrected chi connectivity index (χ3v) is 5.98. The molecule has 2 fully saturated rings. The van der Waals surface area contributed by atoms with Crippen molar-refractivity contribution >= 4 is 42.2 Å². The molecule has 8 nitrogen and oxygen atoms in total. The van der Waals surface area contributed by atoms with Crippen molar-refractivity contribution in [1.29, 1.82) is 0 Å². The molecule has 1 aliphatic heterocycles. The number of nitrogens with two attached hydrogens (primary N) is 1. The Labute approximate surface area is 177 Å². The lowest BCUT2D eigenvalue weighted by molar-refractivity contribution is -0.134. The minimum Gasteiger partial charge on any atom is -0.352 e. The van der Waals surface area contributed by atoms with Crippen LogP contribution in [0, 0.1) is 5.41 Å². The molecule has 156 valence electrons. The van der Waals surface area contributed by atoms with Gasteiger partial charge in [-0.15, -0.1) is 40.1 Å². The van der Waals surface area contributed by atoms with Gasteiger partial charge in [0.1, 0.15) is 12.1 Å². The van der Waals surface area contributed by atoms with Crippen LogP contribution in [-0.4, -0.2) is 63.3 Å². The standard InChI is InChI=1S/C18H27N7O.2ClH/c19-13-18(6-2-1-3-7-18)12-17(26)24-10-8-23(9-11-24)16-5-4-15-21-20-14-25(15)22-16;;/h4-5,14H,1-3,6-13,19H2;2*1H. The molecule has 0 aromatic carbocycles. The van der Waals surface area contributed by atoms with Crippen molar-refractivity contribution in [2.75, 3.05) is 37.6 Å². The van der Waals surface area contributed by atoms with Crippen molar-refractivity contribution in [3.63, 3.8) is 0 Å². The number of anilines is 1. The maximum Gasteiger partial charge on any atom is 0.223 e. The molecule has 2 N–H and O–H groups in total. The number of halogens is 2. The highest BCUT2D eigenvalue weighted by atomic mass is 35.5. The van der Waals surface area contributed by atoms with Gasteiger partial charge < -0.3 is 15.5 Å². The molecular formula is C18H29Cl2N7O. The first kappa shape index (κ1) is 22.6. The Hall–Kier alpha value is -1.64. The van der Waals surface area contributed by atoms with E-state index in [9.17, 15) is 4.79 Å². The Morgan fingerprint density at radius 1 is 1.07 bits per heavy atom. The van der Waals surface area contributed by atoms with Gasteiger partial charge >= 0.3 is 0 Å². The molecule has 4 rings (SSSR count). The normalized spacial score (nSPS) is 19.0. The molecule has 0 unspecified atom stereocenters. The lowest BCUT2D eigenvalue weighted by Crippen LogP contribution is -2.50. The van der Waals surface area contributed by atoms with Crippen molar-refractivity contribution in [2.45, 2.75) is 38.5 Å². The van der Waals surface area contributed by atoms with E-state index < -0.39 is 0 Å². The third kappa shape index (κ3) is 4.67. The van der Waals surface area contributed by atoms with E-state index >= 15 is 0 Å². The maximum atomic E-state index is 12.8. The van der Waals surface area contributed by atoms with Crippen molar-refractivity contribution in [3.8, 4) is 0 Å². The van der Waals surface area contributed by atoms with Crippen LogP contribution in [0.15, 0.2) is 18.5 Å². The second kappa shape index (κ2) is 9.71. The largest absolute Gasteiger partial charge is 0.352 e. The van der Waals surface area contributed by atoms with Gasteiger partial charge in [-0.25, -0.2) is 0 Å². The lowest BCUT2D eigenvalue weighted by atomic mass is 9.71. The Balaban J connectivity index is 0.00000140. The van der Waals surface area contributed by atoms with Crippen LogP contribution in [0.25, 0.3) is 5.65 Å². The van der Waals surface area contributed by atoms with E-state index in [-0.39, 0.29) is 36.1 Å². The molecule has 0 atom stereocenters. The summed E-state index contributed by atoms with van der Waals surface area (Å²) in [5.74, 6) is 1.16. The minimum atomic E-state index is 0. The predicted octanol–water partition coefficient (Wildman–Crippen LogP) is 1.92. The van der Waals surface area contributed by atoms with Gasteiger partial charge in [0.25, 0.3) is 0 Å². The molecule has 0 spiro atoms. The second-order valence-electron chi connectivity index (χ2n) is 7.63. The molecule has 10 heteroatoms. The second-order valence-corrected chi connectivity index (χ2v) is 7.63. The van der Waals surface area contributed by atoms with Crippen molar-refractivity contribution < 1.29 is 4.79 Å². The Kier molecular flexibility index (Phi) is 7.86. The van der Waals surface area contributed by atoms with Crippen LogP contribution in [0.4, 0.5) is 5.82 Å². The highest BCUT2D eigenvalue weighted by Crippen LogP contribution is 2.38. The van der Waals surface area contributed by atoms with Crippen LogP contribution in [0.3, 0.4) is 0 Å². The summed E-state index contributed by atoms with van der Waals surface area (Å²) in [7, 11) is 0. The first-order valence-electron chi connectivity index (χ1n) is 9.59. The molecule has 2 aromatic rings. The number of carbonyl (C=O) groups is 1. The molecule has 0 radical (unpaired) electrons. The molecule has 1 amide bonds. The zero-order valence-electron chi connectivity index (χ0n) is 16.0. The zero-order valence-corrected chi connectivity index (χ0v) is 17.6. The minimum absolute atomic E-state index is 0. The van der Waals surface area contributed by atoms with E-state index in [1.807, 2.05) is 17.0 Å². The zero-order chi connectivity index (χ0) is 18.0. The van der Waals surface area contributed by atoms with Gasteiger partial charge in [-0.1, -0.05) is 19.3 Å². The third-order valence-electron chi connectivity index (χ3n) is 5.98. The SMILES string of the molecule is Cl.Cl.NCC1(CC(=O)N2CCN(c3ccc4nncn4n3)CC2)CCCCC1. The monoisotopic (exact) mass is 429 g/mol. The van der Waals surface area contributed by atoms with Crippen molar-refractivity contribution in [3.05, 3.63) is 18.5 Å². The smallest absolute Gasteiger partial charge is 0.223 e. The first-order chi connectivity index (χ1) is 12.7. The van der Waals surface area contributed by atoms with E-state index in [0.717, 1.165) is 50.5 Å². The summed E-state index contributed by atoms with van der Waals surface area (Å²) in [6.45, 7) is 3.69. The molecule has 2 aliphatic rings. The topological polar surface area (TPSA) is 92.7 Å². The van der Waals surface area contributed by atoms with Crippen LogP contribution in [0.2, 0.25) is 0 Å². The summed E-state index contributed by atoms with van der Waals surface area (Å²) in [5.41, 5.74) is 6.82. The van der Waals surface area contributed by atoms with Gasteiger partial charge in [-0.3, -0.25) is 4.79 Å². The summed E-state index contributed by atoms with van der Waals surface area (Å²) in [6, 6.07) is 3.88. The number of fused-ring (bicyclic) bond motifs is 1. The van der Waals surface area contributed by atoms with E-state index in [4.69, 9.17) is 5.73 Å². The van der Waals surface area contributed by atoms with E-state index in [1.54, 1.807) is 10.8 Å². The van der Waals surface area contributed by atoms with Crippen LogP contribution >= 0.6 is 24.8 Å². The maximum absolute atomic E-state index is 12.8. The van der Waals surface area contributed by atoms with Gasteiger partial charge in [-0.2, -0.15) is 4.52 Å². The number of nitrogens with zero attached hydrogens (tertiary/aromatic N) is 6. The van der Waals surface area contributed by atoms with Crippen molar-refractivity contribution in [2.24, 2.45) is 11.1 Å². The van der Waals surface area contributed by atoms with Crippen LogP contribution < -0.4 is 10.6 Å². The number of hydrogen-bond donors (Lipinski definition) is 1. The Morgan fingerprint density at radius 3 is 2.46 bits per heavy atom. The average molecular weight is 430 g/mol. The fourth-order valence-electron chi connectivity index (χ4n) is 4.26. The van der Waals surface area contributed by atoms with Gasteiger partial charge in [0.2, 0.25) is 5.91 Å². The highest BCUT2D eigenvalue weighted by Gasteiger charge is 2.35. The first-order valence-corrected chi connectivity index (χ1v) is 9.59. The summed E-state index contributed by atoms with van der Waals surface area (Å²) >= 11 is 0. The van der Waals surface area contributed by atoms with Crippen LogP contribution in [0.1, 0.15) is 38.5 Å². The summed E-state index contributed by atoms with van der Waals surface area (Å²) < 4.78 is 1.68. The molecule has 1 saturated heterocycles. The van der Waals surface area contributed by atoms with Gasteiger partial charge in [0, 0.05) is 32.6 Å². The average Bonchev–Trinajstić information content (AvgIpc) is 3.16. The molecule has 28 heavy (non-hydrogen) atoms. The molecule has 2 aromatic heterocycles. The lowest BCUT2D eigenvalue weighted by Gasteiger charge is -2.40. The summed E-state index contributed by atoms with van der Waals surface area (Å²) in [4.78, 5) is 17.0. The number of carbonyl (C=O) groups excluding carboxylic acids is 1. The Morgan fingerprint density at radius 2 is 1.79 bits per heavy atom. The van der Waals surface area contributed by atoms with E-state index in [0.29, 0.717) is 13.0 Å². The van der Waals surface area contributed by atoms with E-state index in [2.05, 4.69) is 20.2 Å². The number of hydrogen-bond acceptors (Lipinski definition) is 6. The van der Waals surface area contributed by atoms with Gasteiger partial charge in [0.15, 0.2) is 5.65 Å². The van der Waals surface area contributed by atoms with Crippen molar-refractivity contribution in [1.82, 2.24) is 24.7 Å². The van der Waals surface area contributed by atoms with Crippen LogP contribution in [-0.2, 0) is 4.79 Å².